The van der Waals surface area contributed by atoms with E-state index in [4.69, 9.17) is 4.42 Å². The third kappa shape index (κ3) is 3.56. The van der Waals surface area contributed by atoms with Crippen LogP contribution in [0.1, 0.15) is 17.0 Å². The maximum Gasteiger partial charge on any atom is 0.117 e. The van der Waals surface area contributed by atoms with Crippen molar-refractivity contribution in [2.75, 3.05) is 0 Å². The van der Waals surface area contributed by atoms with Crippen molar-refractivity contribution in [3.8, 4) is 0 Å². The SMILES string of the molecule is c1ccc(CN(Cc2cscn2)Cc2ccco2)cc1. The smallest absolute Gasteiger partial charge is 0.117 e. The lowest BCUT2D eigenvalue weighted by molar-refractivity contribution is 0.224. The van der Waals surface area contributed by atoms with Gasteiger partial charge in [-0.25, -0.2) is 4.98 Å². The lowest BCUT2D eigenvalue weighted by Crippen LogP contribution is -2.22. The molecule has 0 fully saturated rings. The van der Waals surface area contributed by atoms with E-state index in [1.165, 1.54) is 5.56 Å². The molecule has 0 saturated carbocycles. The largest absolute Gasteiger partial charge is 0.468 e. The number of rotatable bonds is 6. The first-order valence-electron chi connectivity index (χ1n) is 6.56. The fraction of sp³-hybridized carbons (Fsp3) is 0.188. The lowest BCUT2D eigenvalue weighted by Gasteiger charge is -2.20. The summed E-state index contributed by atoms with van der Waals surface area (Å²) in [7, 11) is 0. The van der Waals surface area contributed by atoms with Crippen LogP contribution in [0.5, 0.6) is 0 Å². The normalized spacial score (nSPS) is 11.1. The van der Waals surface area contributed by atoms with Crippen LogP contribution in [-0.4, -0.2) is 9.88 Å². The highest BCUT2D eigenvalue weighted by Crippen LogP contribution is 2.14. The standard InChI is InChI=1S/C16H16N2OS/c1-2-5-14(6-3-1)9-18(10-15-12-20-13-17-15)11-16-7-4-8-19-16/h1-8,12-13H,9-11H2. The Kier molecular flexibility index (Phi) is 4.25. The molecule has 4 heteroatoms. The van der Waals surface area contributed by atoms with Gasteiger partial charge in [0.1, 0.15) is 5.76 Å². The van der Waals surface area contributed by atoms with Gasteiger partial charge in [0.05, 0.1) is 24.0 Å². The van der Waals surface area contributed by atoms with Crippen molar-refractivity contribution in [1.82, 2.24) is 9.88 Å². The molecule has 1 aromatic carbocycles. The molecule has 20 heavy (non-hydrogen) atoms. The highest BCUT2D eigenvalue weighted by atomic mass is 32.1. The van der Waals surface area contributed by atoms with Crippen LogP contribution in [0.15, 0.2) is 64.0 Å². The molecule has 0 bridgehead atoms. The van der Waals surface area contributed by atoms with Crippen molar-refractivity contribution < 1.29 is 4.42 Å². The second kappa shape index (κ2) is 6.50. The van der Waals surface area contributed by atoms with Crippen molar-refractivity contribution in [2.45, 2.75) is 19.6 Å². The molecule has 0 N–H and O–H groups in total. The summed E-state index contributed by atoms with van der Waals surface area (Å²) in [5, 5.41) is 2.10. The van der Waals surface area contributed by atoms with Crippen LogP contribution in [0.2, 0.25) is 0 Å². The van der Waals surface area contributed by atoms with Gasteiger partial charge in [-0.3, -0.25) is 4.90 Å². The van der Waals surface area contributed by atoms with Crippen LogP contribution in [0.4, 0.5) is 0 Å². The van der Waals surface area contributed by atoms with Gasteiger partial charge in [0, 0.05) is 18.5 Å². The van der Waals surface area contributed by atoms with E-state index in [1.54, 1.807) is 17.6 Å². The first-order valence-corrected chi connectivity index (χ1v) is 7.50. The van der Waals surface area contributed by atoms with Crippen molar-refractivity contribution in [1.29, 1.82) is 0 Å². The number of hydrogen-bond acceptors (Lipinski definition) is 4. The topological polar surface area (TPSA) is 29.3 Å². The van der Waals surface area contributed by atoms with Crippen LogP contribution in [0.25, 0.3) is 0 Å². The molecule has 2 heterocycles. The molecule has 3 aromatic rings. The second-order valence-corrected chi connectivity index (χ2v) is 5.41. The Bertz CT molecular complexity index is 569. The van der Waals surface area contributed by atoms with Gasteiger partial charge in [0.2, 0.25) is 0 Å². The molecular weight excluding hydrogens is 268 g/mol. The first kappa shape index (κ1) is 13.1. The molecule has 0 spiro atoms. The van der Waals surface area contributed by atoms with Gasteiger partial charge in [-0.05, 0) is 17.7 Å². The van der Waals surface area contributed by atoms with Crippen molar-refractivity contribution in [3.63, 3.8) is 0 Å². The maximum absolute atomic E-state index is 5.46. The van der Waals surface area contributed by atoms with Crippen LogP contribution < -0.4 is 0 Å². The molecular formula is C16H16N2OS. The van der Waals surface area contributed by atoms with Crippen LogP contribution >= 0.6 is 11.3 Å². The lowest BCUT2D eigenvalue weighted by atomic mass is 10.2. The van der Waals surface area contributed by atoms with E-state index in [0.717, 1.165) is 31.1 Å². The minimum atomic E-state index is 0.791. The average molecular weight is 284 g/mol. The fourth-order valence-electron chi connectivity index (χ4n) is 2.18. The van der Waals surface area contributed by atoms with Crippen LogP contribution in [0.3, 0.4) is 0 Å². The Morgan fingerprint density at radius 1 is 1.00 bits per heavy atom. The number of thiazole rings is 1. The van der Waals surface area contributed by atoms with Gasteiger partial charge in [-0.2, -0.15) is 0 Å². The third-order valence-corrected chi connectivity index (χ3v) is 3.71. The number of furan rings is 1. The zero-order valence-electron chi connectivity index (χ0n) is 11.1. The minimum Gasteiger partial charge on any atom is -0.468 e. The molecule has 0 saturated heterocycles. The number of hydrogen-bond donors (Lipinski definition) is 0. The molecule has 0 unspecified atom stereocenters. The Balaban J connectivity index is 1.72. The fourth-order valence-corrected chi connectivity index (χ4v) is 2.73. The summed E-state index contributed by atoms with van der Waals surface area (Å²) in [6.45, 7) is 2.51. The predicted molar refractivity (Wildman–Crippen MR) is 80.2 cm³/mol. The Hall–Kier alpha value is -1.91. The molecule has 2 aromatic heterocycles. The Morgan fingerprint density at radius 3 is 2.60 bits per heavy atom. The van der Waals surface area contributed by atoms with Gasteiger partial charge >= 0.3 is 0 Å². The molecule has 0 aliphatic rings. The Morgan fingerprint density at radius 2 is 1.90 bits per heavy atom. The van der Waals surface area contributed by atoms with E-state index < -0.39 is 0 Å². The molecule has 3 rings (SSSR count). The van der Waals surface area contributed by atoms with Gasteiger partial charge < -0.3 is 4.42 Å². The van der Waals surface area contributed by atoms with E-state index in [-0.39, 0.29) is 0 Å². The first-order chi connectivity index (χ1) is 9.90. The van der Waals surface area contributed by atoms with Crippen LogP contribution in [0, 0.1) is 0 Å². The van der Waals surface area contributed by atoms with E-state index in [2.05, 4.69) is 39.5 Å². The summed E-state index contributed by atoms with van der Waals surface area (Å²) < 4.78 is 5.46. The summed E-state index contributed by atoms with van der Waals surface area (Å²) in [5.41, 5.74) is 4.29. The summed E-state index contributed by atoms with van der Waals surface area (Å²) in [5.74, 6) is 0.983. The highest BCUT2D eigenvalue weighted by Gasteiger charge is 2.10. The maximum atomic E-state index is 5.46. The zero-order chi connectivity index (χ0) is 13.6. The van der Waals surface area contributed by atoms with Gasteiger partial charge in [0.15, 0.2) is 0 Å². The van der Waals surface area contributed by atoms with Crippen LogP contribution in [-0.2, 0) is 19.6 Å². The van der Waals surface area contributed by atoms with Gasteiger partial charge in [-0.15, -0.1) is 11.3 Å². The summed E-state index contributed by atoms with van der Waals surface area (Å²) >= 11 is 1.63. The number of benzene rings is 1. The van der Waals surface area contributed by atoms with Crippen molar-refractivity contribution >= 4 is 11.3 Å². The van der Waals surface area contributed by atoms with E-state index in [9.17, 15) is 0 Å². The minimum absolute atomic E-state index is 0.791. The third-order valence-electron chi connectivity index (χ3n) is 3.08. The molecule has 0 aliphatic heterocycles. The van der Waals surface area contributed by atoms with Crippen molar-refractivity contribution in [3.05, 3.63) is 76.6 Å². The molecule has 0 atom stereocenters. The molecule has 3 nitrogen and oxygen atoms in total. The summed E-state index contributed by atoms with van der Waals surface area (Å²) in [6.07, 6.45) is 1.72. The monoisotopic (exact) mass is 284 g/mol. The molecule has 0 radical (unpaired) electrons. The number of aromatic nitrogens is 1. The van der Waals surface area contributed by atoms with Gasteiger partial charge in [0.25, 0.3) is 0 Å². The van der Waals surface area contributed by atoms with E-state index >= 15 is 0 Å². The number of nitrogens with zero attached hydrogens (tertiary/aromatic N) is 2. The molecule has 0 amide bonds. The van der Waals surface area contributed by atoms with E-state index in [1.807, 2.05) is 23.7 Å². The quantitative estimate of drug-likeness (QED) is 0.686. The average Bonchev–Trinajstić information content (AvgIpc) is 3.13. The summed E-state index contributed by atoms with van der Waals surface area (Å²) in [4.78, 5) is 6.71. The second-order valence-electron chi connectivity index (χ2n) is 4.69. The predicted octanol–water partition coefficient (Wildman–Crippen LogP) is 3.94. The van der Waals surface area contributed by atoms with Gasteiger partial charge in [-0.1, -0.05) is 30.3 Å². The Labute approximate surface area is 122 Å². The highest BCUT2D eigenvalue weighted by molar-refractivity contribution is 7.07. The molecule has 102 valence electrons. The van der Waals surface area contributed by atoms with E-state index in [0.29, 0.717) is 0 Å². The zero-order valence-corrected chi connectivity index (χ0v) is 11.9. The van der Waals surface area contributed by atoms with Crippen molar-refractivity contribution in [2.24, 2.45) is 0 Å². The summed E-state index contributed by atoms with van der Waals surface area (Å²) in [6, 6.07) is 14.4. The molecule has 0 aliphatic carbocycles.